The predicted molar refractivity (Wildman–Crippen MR) is 78.5 cm³/mol. The Bertz CT molecular complexity index is 570. The molecule has 0 radical (unpaired) electrons. The first-order valence-electron chi connectivity index (χ1n) is 7.33. The smallest absolute Gasteiger partial charge is 0.243 e. The zero-order valence-electron chi connectivity index (χ0n) is 11.7. The fourth-order valence-electron chi connectivity index (χ4n) is 3.43. The molecular weight excluding hydrogens is 268 g/mol. The van der Waals surface area contributed by atoms with Gasteiger partial charge in [0.25, 0.3) is 0 Å². The lowest BCUT2D eigenvalue weighted by Gasteiger charge is -2.34. The molecule has 1 fully saturated rings. The van der Waals surface area contributed by atoms with Crippen LogP contribution in [0.25, 0.3) is 0 Å². The Morgan fingerprint density at radius 2 is 2.00 bits per heavy atom. The molecule has 1 aromatic carbocycles. The first-order chi connectivity index (χ1) is 10.2. The second kappa shape index (κ2) is 5.68. The normalized spacial score (nSPS) is 28.9. The minimum atomic E-state index is -0.764. The number of carbonyl (C=O) groups is 1. The van der Waals surface area contributed by atoms with Gasteiger partial charge in [0.05, 0.1) is 5.92 Å². The molecule has 2 aliphatic rings. The summed E-state index contributed by atoms with van der Waals surface area (Å²) in [4.78, 5) is 25.1. The van der Waals surface area contributed by atoms with Crippen LogP contribution in [0.15, 0.2) is 42.5 Å². The molecule has 1 aromatic rings. The van der Waals surface area contributed by atoms with Gasteiger partial charge in [-0.1, -0.05) is 42.5 Å². The number of benzene rings is 1. The SMILES string of the molecule is O=C1CCCN1[C@H]1C=CC[C@H](c2ccccc2)[C@H]1[N+](=O)[O-]. The number of allylic oxidation sites excluding steroid dienone is 1. The predicted octanol–water partition coefficient (Wildman–Crippen LogP) is 2.37. The molecule has 21 heavy (non-hydrogen) atoms. The zero-order chi connectivity index (χ0) is 14.8. The quantitative estimate of drug-likeness (QED) is 0.487. The van der Waals surface area contributed by atoms with Crippen molar-refractivity contribution in [2.24, 2.45) is 0 Å². The van der Waals surface area contributed by atoms with E-state index in [4.69, 9.17) is 0 Å². The van der Waals surface area contributed by atoms with Crippen molar-refractivity contribution in [1.82, 2.24) is 4.90 Å². The van der Waals surface area contributed by atoms with Gasteiger partial charge in [0, 0.05) is 17.9 Å². The van der Waals surface area contributed by atoms with Gasteiger partial charge in [-0.3, -0.25) is 14.9 Å². The van der Waals surface area contributed by atoms with Crippen molar-refractivity contribution >= 4 is 5.91 Å². The number of carbonyl (C=O) groups excluding carboxylic acids is 1. The summed E-state index contributed by atoms with van der Waals surface area (Å²) in [5.74, 6) is -0.144. The topological polar surface area (TPSA) is 63.5 Å². The van der Waals surface area contributed by atoms with Gasteiger partial charge in [0.1, 0.15) is 6.04 Å². The molecule has 0 saturated carbocycles. The van der Waals surface area contributed by atoms with Crippen molar-refractivity contribution in [1.29, 1.82) is 0 Å². The van der Waals surface area contributed by atoms with E-state index in [0.717, 1.165) is 12.0 Å². The molecule has 110 valence electrons. The van der Waals surface area contributed by atoms with Crippen LogP contribution in [0.4, 0.5) is 0 Å². The molecule has 3 atom stereocenters. The molecule has 0 unspecified atom stereocenters. The van der Waals surface area contributed by atoms with E-state index in [1.165, 1.54) is 0 Å². The Labute approximate surface area is 123 Å². The maximum Gasteiger partial charge on any atom is 0.243 e. The third kappa shape index (κ3) is 2.55. The number of rotatable bonds is 3. The first-order valence-corrected chi connectivity index (χ1v) is 7.33. The van der Waals surface area contributed by atoms with E-state index in [1.807, 2.05) is 42.5 Å². The summed E-state index contributed by atoms with van der Waals surface area (Å²) in [5, 5.41) is 11.6. The van der Waals surface area contributed by atoms with Crippen LogP contribution in [0, 0.1) is 10.1 Å². The van der Waals surface area contributed by atoms with Gasteiger partial charge in [-0.05, 0) is 18.4 Å². The second-order valence-electron chi connectivity index (χ2n) is 5.64. The van der Waals surface area contributed by atoms with Gasteiger partial charge in [-0.25, -0.2) is 0 Å². The molecule has 0 N–H and O–H groups in total. The molecule has 0 aromatic heterocycles. The minimum Gasteiger partial charge on any atom is -0.329 e. The van der Waals surface area contributed by atoms with Crippen molar-refractivity contribution in [3.8, 4) is 0 Å². The molecule has 0 spiro atoms. The van der Waals surface area contributed by atoms with Gasteiger partial charge < -0.3 is 4.90 Å². The van der Waals surface area contributed by atoms with Gasteiger partial charge in [0.15, 0.2) is 0 Å². The van der Waals surface area contributed by atoms with Gasteiger partial charge in [-0.15, -0.1) is 0 Å². The summed E-state index contributed by atoms with van der Waals surface area (Å²) in [6.45, 7) is 0.625. The molecule has 1 aliphatic carbocycles. The number of likely N-dealkylation sites (tertiary alicyclic amines) is 1. The maximum absolute atomic E-state index is 12.0. The molecule has 3 rings (SSSR count). The largest absolute Gasteiger partial charge is 0.329 e. The average molecular weight is 286 g/mol. The van der Waals surface area contributed by atoms with Gasteiger partial charge in [-0.2, -0.15) is 0 Å². The number of nitrogens with zero attached hydrogens (tertiary/aromatic N) is 2. The van der Waals surface area contributed by atoms with Crippen LogP contribution in [0.5, 0.6) is 0 Å². The molecular formula is C16H18N2O3. The van der Waals surface area contributed by atoms with Crippen molar-refractivity contribution < 1.29 is 9.72 Å². The summed E-state index contributed by atoms with van der Waals surface area (Å²) in [6.07, 6.45) is 5.77. The summed E-state index contributed by atoms with van der Waals surface area (Å²) in [5.41, 5.74) is 0.972. The summed E-state index contributed by atoms with van der Waals surface area (Å²) < 4.78 is 0. The Morgan fingerprint density at radius 3 is 2.62 bits per heavy atom. The van der Waals surface area contributed by atoms with E-state index in [-0.39, 0.29) is 16.7 Å². The average Bonchev–Trinajstić information content (AvgIpc) is 2.93. The second-order valence-corrected chi connectivity index (χ2v) is 5.64. The third-order valence-corrected chi connectivity index (χ3v) is 4.43. The van der Waals surface area contributed by atoms with Crippen LogP contribution in [-0.2, 0) is 4.79 Å². The summed E-state index contributed by atoms with van der Waals surface area (Å²) in [6, 6.07) is 8.40. The Kier molecular flexibility index (Phi) is 3.73. The maximum atomic E-state index is 12.0. The van der Waals surface area contributed by atoms with Crippen molar-refractivity contribution in [3.63, 3.8) is 0 Å². The molecule has 1 heterocycles. The van der Waals surface area contributed by atoms with E-state index in [0.29, 0.717) is 19.4 Å². The van der Waals surface area contributed by atoms with Crippen LogP contribution < -0.4 is 0 Å². The van der Waals surface area contributed by atoms with Crippen LogP contribution in [0.1, 0.15) is 30.7 Å². The van der Waals surface area contributed by atoms with E-state index < -0.39 is 12.1 Å². The molecule has 1 aliphatic heterocycles. The molecule has 0 bridgehead atoms. The van der Waals surface area contributed by atoms with E-state index in [1.54, 1.807) is 4.90 Å². The van der Waals surface area contributed by atoms with Crippen LogP contribution in [-0.4, -0.2) is 34.4 Å². The fourth-order valence-corrected chi connectivity index (χ4v) is 3.43. The van der Waals surface area contributed by atoms with Crippen molar-refractivity contribution in [2.45, 2.75) is 37.3 Å². The fraction of sp³-hybridized carbons (Fsp3) is 0.438. The lowest BCUT2D eigenvalue weighted by Crippen LogP contribution is -2.50. The highest BCUT2D eigenvalue weighted by Crippen LogP contribution is 2.34. The van der Waals surface area contributed by atoms with Crippen molar-refractivity contribution in [2.75, 3.05) is 6.54 Å². The standard InChI is InChI=1S/C16H18N2O3/c19-15-10-5-11-17(15)14-9-4-8-13(16(14)18(20)21)12-6-2-1-3-7-12/h1-4,6-7,9,13-14,16H,5,8,10-11H2/t13-,14+,16-/m1/s1. The number of hydrogen-bond donors (Lipinski definition) is 0. The molecule has 1 amide bonds. The summed E-state index contributed by atoms with van der Waals surface area (Å²) >= 11 is 0. The van der Waals surface area contributed by atoms with Gasteiger partial charge in [0.2, 0.25) is 11.9 Å². The van der Waals surface area contributed by atoms with Crippen molar-refractivity contribution in [3.05, 3.63) is 58.2 Å². The molecule has 1 saturated heterocycles. The van der Waals surface area contributed by atoms with E-state index in [2.05, 4.69) is 0 Å². The monoisotopic (exact) mass is 286 g/mol. The van der Waals surface area contributed by atoms with Crippen LogP contribution in [0.3, 0.4) is 0 Å². The Hall–Kier alpha value is -2.17. The lowest BCUT2D eigenvalue weighted by molar-refractivity contribution is -0.532. The number of nitro groups is 1. The summed E-state index contributed by atoms with van der Waals surface area (Å²) in [7, 11) is 0. The highest BCUT2D eigenvalue weighted by molar-refractivity contribution is 5.78. The highest BCUT2D eigenvalue weighted by Gasteiger charge is 2.45. The minimum absolute atomic E-state index is 0.0326. The van der Waals surface area contributed by atoms with E-state index in [9.17, 15) is 14.9 Å². The molecule has 5 nitrogen and oxygen atoms in total. The highest BCUT2D eigenvalue weighted by atomic mass is 16.6. The van der Waals surface area contributed by atoms with Crippen LogP contribution >= 0.6 is 0 Å². The zero-order valence-corrected chi connectivity index (χ0v) is 11.7. The van der Waals surface area contributed by atoms with E-state index >= 15 is 0 Å². The third-order valence-electron chi connectivity index (χ3n) is 4.43. The Balaban J connectivity index is 1.94. The first kappa shape index (κ1) is 13.8. The lowest BCUT2D eigenvalue weighted by atomic mass is 9.80. The Morgan fingerprint density at radius 1 is 1.24 bits per heavy atom. The number of hydrogen-bond acceptors (Lipinski definition) is 3. The van der Waals surface area contributed by atoms with Gasteiger partial charge >= 0.3 is 0 Å². The van der Waals surface area contributed by atoms with Crippen LogP contribution in [0.2, 0.25) is 0 Å². The number of amides is 1. The molecule has 5 heteroatoms.